The van der Waals surface area contributed by atoms with E-state index in [4.69, 9.17) is 5.73 Å². The van der Waals surface area contributed by atoms with Crippen molar-refractivity contribution in [1.29, 1.82) is 0 Å². The Morgan fingerprint density at radius 3 is 2.68 bits per heavy atom. The molecule has 19 heavy (non-hydrogen) atoms. The Bertz CT molecular complexity index is 620. The lowest BCUT2D eigenvalue weighted by molar-refractivity contribution is 0.112. The Morgan fingerprint density at radius 2 is 2.00 bits per heavy atom. The average molecular weight is 328 g/mol. The number of nitrogens with zero attached hydrogens (tertiary/aromatic N) is 2. The van der Waals surface area contributed by atoms with E-state index in [9.17, 15) is 9.50 Å². The van der Waals surface area contributed by atoms with Crippen LogP contribution in [0.15, 0.2) is 16.6 Å². The van der Waals surface area contributed by atoms with E-state index in [0.717, 1.165) is 31.2 Å². The van der Waals surface area contributed by atoms with Crippen molar-refractivity contribution in [2.24, 2.45) is 0 Å². The number of halogens is 2. The van der Waals surface area contributed by atoms with E-state index in [-0.39, 0.29) is 18.0 Å². The first-order valence-electron chi connectivity index (χ1n) is 6.37. The van der Waals surface area contributed by atoms with Crippen molar-refractivity contribution >= 4 is 32.9 Å². The van der Waals surface area contributed by atoms with Gasteiger partial charge in [0.2, 0.25) is 5.95 Å². The number of aromatic nitrogens is 2. The topological polar surface area (TPSA) is 64.1 Å². The van der Waals surface area contributed by atoms with Crippen LogP contribution in [0.1, 0.15) is 31.7 Å². The van der Waals surface area contributed by atoms with E-state index in [1.807, 2.05) is 4.57 Å². The van der Waals surface area contributed by atoms with Crippen LogP contribution in [0.2, 0.25) is 0 Å². The zero-order chi connectivity index (χ0) is 13.6. The zero-order valence-corrected chi connectivity index (χ0v) is 11.9. The van der Waals surface area contributed by atoms with E-state index >= 15 is 0 Å². The highest BCUT2D eigenvalue weighted by atomic mass is 79.9. The van der Waals surface area contributed by atoms with Crippen LogP contribution in [0.5, 0.6) is 0 Å². The minimum absolute atomic E-state index is 0.189. The quantitative estimate of drug-likeness (QED) is 0.846. The van der Waals surface area contributed by atoms with Gasteiger partial charge in [0, 0.05) is 12.1 Å². The smallest absolute Gasteiger partial charge is 0.201 e. The third-order valence-corrected chi connectivity index (χ3v) is 4.40. The van der Waals surface area contributed by atoms with Gasteiger partial charge in [-0.2, -0.15) is 0 Å². The molecule has 0 amide bonds. The van der Waals surface area contributed by atoms with Crippen molar-refractivity contribution < 1.29 is 9.50 Å². The fourth-order valence-electron chi connectivity index (χ4n) is 2.81. The third-order valence-electron chi connectivity index (χ3n) is 3.79. The first-order valence-corrected chi connectivity index (χ1v) is 7.16. The molecule has 0 atom stereocenters. The zero-order valence-electron chi connectivity index (χ0n) is 10.3. The molecule has 1 aromatic carbocycles. The molecule has 0 unspecified atom stereocenters. The lowest BCUT2D eigenvalue weighted by atomic mass is 9.93. The van der Waals surface area contributed by atoms with Gasteiger partial charge in [0.05, 0.1) is 21.6 Å². The Morgan fingerprint density at radius 1 is 1.32 bits per heavy atom. The second kappa shape index (κ2) is 4.76. The fraction of sp³-hybridized carbons (Fsp3) is 0.462. The van der Waals surface area contributed by atoms with Crippen molar-refractivity contribution in [1.82, 2.24) is 9.55 Å². The van der Waals surface area contributed by atoms with Gasteiger partial charge in [-0.15, -0.1) is 0 Å². The number of hydrogen-bond donors (Lipinski definition) is 2. The summed E-state index contributed by atoms with van der Waals surface area (Å²) < 4.78 is 16.0. The molecule has 0 saturated heterocycles. The Kier molecular flexibility index (Phi) is 3.22. The number of fused-ring (bicyclic) bond motifs is 1. The number of hydrogen-bond acceptors (Lipinski definition) is 3. The molecule has 0 bridgehead atoms. The Labute approximate surface area is 118 Å². The van der Waals surface area contributed by atoms with Gasteiger partial charge in [-0.3, -0.25) is 0 Å². The molecule has 0 spiro atoms. The maximum atomic E-state index is 13.7. The van der Waals surface area contributed by atoms with Crippen LogP contribution in [0, 0.1) is 5.82 Å². The molecular formula is C13H15BrFN3O. The molecule has 0 aliphatic heterocycles. The Balaban J connectivity index is 2.07. The monoisotopic (exact) mass is 327 g/mol. The van der Waals surface area contributed by atoms with Crippen molar-refractivity contribution in [2.75, 3.05) is 5.73 Å². The summed E-state index contributed by atoms with van der Waals surface area (Å²) in [6.07, 6.45) is 2.97. The summed E-state index contributed by atoms with van der Waals surface area (Å²) in [5.41, 5.74) is 7.38. The molecule has 1 aliphatic rings. The summed E-state index contributed by atoms with van der Waals surface area (Å²) in [5, 5.41) is 9.57. The van der Waals surface area contributed by atoms with E-state index in [0.29, 0.717) is 15.9 Å². The lowest BCUT2D eigenvalue weighted by Gasteiger charge is -2.27. The first kappa shape index (κ1) is 12.9. The highest BCUT2D eigenvalue weighted by Crippen LogP contribution is 2.34. The van der Waals surface area contributed by atoms with Crippen molar-refractivity contribution in [2.45, 2.75) is 37.8 Å². The minimum Gasteiger partial charge on any atom is -0.393 e. The number of benzene rings is 1. The molecule has 6 heteroatoms. The van der Waals surface area contributed by atoms with Crippen LogP contribution >= 0.6 is 15.9 Å². The number of nitrogen functional groups attached to an aromatic ring is 1. The van der Waals surface area contributed by atoms with Crippen LogP contribution in [0.25, 0.3) is 11.0 Å². The van der Waals surface area contributed by atoms with Gasteiger partial charge in [-0.25, -0.2) is 9.37 Å². The second-order valence-electron chi connectivity index (χ2n) is 5.06. The summed E-state index contributed by atoms with van der Waals surface area (Å²) >= 11 is 3.16. The van der Waals surface area contributed by atoms with Gasteiger partial charge in [0.25, 0.3) is 0 Å². The molecule has 2 aromatic rings. The second-order valence-corrected chi connectivity index (χ2v) is 5.91. The van der Waals surface area contributed by atoms with Gasteiger partial charge in [0.15, 0.2) is 0 Å². The van der Waals surface area contributed by atoms with Gasteiger partial charge in [0.1, 0.15) is 5.82 Å². The molecule has 1 heterocycles. The molecule has 1 aromatic heterocycles. The molecule has 1 saturated carbocycles. The number of rotatable bonds is 1. The third kappa shape index (κ3) is 2.23. The molecule has 1 aliphatic carbocycles. The van der Waals surface area contributed by atoms with E-state index in [1.165, 1.54) is 6.07 Å². The summed E-state index contributed by atoms with van der Waals surface area (Å²) in [4.78, 5) is 4.29. The number of anilines is 1. The number of imidazole rings is 1. The van der Waals surface area contributed by atoms with Crippen LogP contribution in [-0.2, 0) is 0 Å². The highest BCUT2D eigenvalue weighted by molar-refractivity contribution is 9.10. The van der Waals surface area contributed by atoms with Gasteiger partial charge in [-0.1, -0.05) is 0 Å². The van der Waals surface area contributed by atoms with Crippen LogP contribution in [-0.4, -0.2) is 20.8 Å². The minimum atomic E-state index is -0.315. The molecular weight excluding hydrogens is 313 g/mol. The Hall–Kier alpha value is -1.14. The highest BCUT2D eigenvalue weighted by Gasteiger charge is 2.24. The maximum Gasteiger partial charge on any atom is 0.201 e. The first-order chi connectivity index (χ1) is 9.06. The largest absolute Gasteiger partial charge is 0.393 e. The standard InChI is InChI=1S/C13H15BrFN3O/c14-9-5-11-12(6-10(9)15)18(13(16)17-11)7-1-3-8(19)4-2-7/h5-8,19H,1-4H2,(H2,16,17). The average Bonchev–Trinajstić information content (AvgIpc) is 2.67. The summed E-state index contributed by atoms with van der Waals surface area (Å²) in [6, 6.07) is 3.30. The van der Waals surface area contributed by atoms with E-state index < -0.39 is 0 Å². The van der Waals surface area contributed by atoms with E-state index in [2.05, 4.69) is 20.9 Å². The van der Waals surface area contributed by atoms with Gasteiger partial charge >= 0.3 is 0 Å². The fourth-order valence-corrected chi connectivity index (χ4v) is 3.14. The predicted molar refractivity (Wildman–Crippen MR) is 75.3 cm³/mol. The van der Waals surface area contributed by atoms with E-state index in [1.54, 1.807) is 6.07 Å². The molecule has 4 nitrogen and oxygen atoms in total. The van der Waals surface area contributed by atoms with Crippen molar-refractivity contribution in [3.05, 3.63) is 22.4 Å². The molecule has 3 N–H and O–H groups in total. The molecule has 3 rings (SSSR count). The van der Waals surface area contributed by atoms with Crippen molar-refractivity contribution in [3.63, 3.8) is 0 Å². The number of aliphatic hydroxyl groups excluding tert-OH is 1. The summed E-state index contributed by atoms with van der Waals surface area (Å²) in [6.45, 7) is 0. The normalized spacial score (nSPS) is 23.9. The molecule has 0 radical (unpaired) electrons. The van der Waals surface area contributed by atoms with Gasteiger partial charge in [-0.05, 0) is 47.7 Å². The molecule has 102 valence electrons. The number of aliphatic hydroxyl groups is 1. The predicted octanol–water partition coefficient (Wildman–Crippen LogP) is 3.00. The van der Waals surface area contributed by atoms with Crippen LogP contribution in [0.3, 0.4) is 0 Å². The number of nitrogens with two attached hydrogens (primary N) is 1. The maximum absolute atomic E-state index is 13.7. The van der Waals surface area contributed by atoms with Gasteiger partial charge < -0.3 is 15.4 Å². The molecule has 1 fully saturated rings. The van der Waals surface area contributed by atoms with Crippen LogP contribution in [0.4, 0.5) is 10.3 Å². The summed E-state index contributed by atoms with van der Waals surface area (Å²) in [5.74, 6) is 0.0957. The van der Waals surface area contributed by atoms with Crippen molar-refractivity contribution in [3.8, 4) is 0 Å². The summed E-state index contributed by atoms with van der Waals surface area (Å²) in [7, 11) is 0. The van der Waals surface area contributed by atoms with Crippen LogP contribution < -0.4 is 5.73 Å². The lowest BCUT2D eigenvalue weighted by Crippen LogP contribution is -2.22. The SMILES string of the molecule is Nc1nc2cc(Br)c(F)cc2n1C1CCC(O)CC1.